The topological polar surface area (TPSA) is 69.6 Å². The number of benzene rings is 1. The fourth-order valence-electron chi connectivity index (χ4n) is 3.58. The molecule has 1 aromatic heterocycles. The van der Waals surface area contributed by atoms with Crippen molar-refractivity contribution in [3.8, 4) is 0 Å². The van der Waals surface area contributed by atoms with Gasteiger partial charge < -0.3 is 14.7 Å². The molecule has 4 rings (SSSR count). The Balaban J connectivity index is 1.56. The van der Waals surface area contributed by atoms with E-state index in [0.717, 1.165) is 37.3 Å². The largest absolute Gasteiger partial charge is 0.342 e. The lowest BCUT2D eigenvalue weighted by Gasteiger charge is -2.33. The summed E-state index contributed by atoms with van der Waals surface area (Å²) < 4.78 is 0. The summed E-state index contributed by atoms with van der Waals surface area (Å²) in [5.74, 6) is 0.645. The fraction of sp³-hybridized carbons (Fsp3) is 0.368. The number of carbonyl (C=O) groups excluding carboxylic acids is 2. The van der Waals surface area contributed by atoms with Crippen molar-refractivity contribution >= 4 is 23.8 Å². The maximum Gasteiger partial charge on any atom is 0.272 e. The van der Waals surface area contributed by atoms with Gasteiger partial charge in [0.25, 0.3) is 5.91 Å². The number of hydrogen-bond acceptors (Lipinski definition) is 5. The molecule has 1 saturated heterocycles. The van der Waals surface area contributed by atoms with Crippen LogP contribution >= 0.6 is 0 Å². The monoisotopic (exact) mass is 351 g/mol. The van der Waals surface area contributed by atoms with Crippen LogP contribution in [0.25, 0.3) is 0 Å². The van der Waals surface area contributed by atoms with Crippen LogP contribution in [0, 0.1) is 0 Å². The summed E-state index contributed by atoms with van der Waals surface area (Å²) in [4.78, 5) is 37.8. The van der Waals surface area contributed by atoms with E-state index < -0.39 is 0 Å². The number of aromatic nitrogens is 2. The van der Waals surface area contributed by atoms with E-state index in [9.17, 15) is 9.59 Å². The molecule has 0 saturated carbocycles. The minimum atomic E-state index is -0.107. The van der Waals surface area contributed by atoms with Crippen LogP contribution in [0.4, 0.5) is 11.5 Å². The highest BCUT2D eigenvalue weighted by Crippen LogP contribution is 2.32. The highest BCUT2D eigenvalue weighted by molar-refractivity contribution is 5.93. The molecule has 26 heavy (non-hydrogen) atoms. The van der Waals surface area contributed by atoms with Gasteiger partial charge in [-0.25, -0.2) is 9.97 Å². The molecule has 3 heterocycles. The molecule has 0 unspecified atom stereocenters. The average molecular weight is 351 g/mol. The quantitative estimate of drug-likeness (QED) is 0.784. The Labute approximate surface area is 152 Å². The Morgan fingerprint density at radius 1 is 1.04 bits per heavy atom. The molecule has 7 heteroatoms. The van der Waals surface area contributed by atoms with Crippen LogP contribution in [0.5, 0.6) is 0 Å². The average Bonchev–Trinajstić information content (AvgIpc) is 2.73. The summed E-state index contributed by atoms with van der Waals surface area (Å²) in [6.45, 7) is 3.06. The smallest absolute Gasteiger partial charge is 0.272 e. The molecule has 2 amide bonds. The van der Waals surface area contributed by atoms with Gasteiger partial charge in [0.05, 0.1) is 0 Å². The third-order valence-corrected chi connectivity index (χ3v) is 5.01. The summed E-state index contributed by atoms with van der Waals surface area (Å²) in [7, 11) is 0. The zero-order valence-corrected chi connectivity index (χ0v) is 14.5. The first-order valence-corrected chi connectivity index (χ1v) is 8.92. The maximum absolute atomic E-state index is 12.8. The number of aryl methyl sites for hydroxylation is 1. The van der Waals surface area contributed by atoms with E-state index in [4.69, 9.17) is 0 Å². The molecule has 2 aliphatic heterocycles. The molecule has 1 aromatic carbocycles. The Hall–Kier alpha value is -2.96. The molecule has 0 spiro atoms. The summed E-state index contributed by atoms with van der Waals surface area (Å²) in [6.07, 6.45) is 4.41. The van der Waals surface area contributed by atoms with Crippen molar-refractivity contribution in [3.05, 3.63) is 47.9 Å². The van der Waals surface area contributed by atoms with Crippen LogP contribution in [0.15, 0.2) is 36.7 Å². The highest BCUT2D eigenvalue weighted by atomic mass is 16.2. The van der Waals surface area contributed by atoms with Crippen molar-refractivity contribution < 1.29 is 9.59 Å². The van der Waals surface area contributed by atoms with E-state index in [1.54, 1.807) is 15.9 Å². The van der Waals surface area contributed by atoms with Crippen molar-refractivity contribution in [2.45, 2.75) is 12.8 Å². The van der Waals surface area contributed by atoms with E-state index in [-0.39, 0.29) is 5.91 Å². The van der Waals surface area contributed by atoms with E-state index in [1.807, 2.05) is 6.07 Å². The van der Waals surface area contributed by atoms with Crippen LogP contribution < -0.4 is 4.90 Å². The standard InChI is InChI=1S/C19H21N5O2/c25-14-22-8-10-23(11-9-22)19(26)16-12-18(21-13-20-16)24-7-3-5-15-4-1-2-6-17(15)24/h1-2,4,6,12-14H,3,5,7-11H2. The number of nitrogens with zero attached hydrogens (tertiary/aromatic N) is 5. The number of hydrogen-bond donors (Lipinski definition) is 0. The zero-order valence-electron chi connectivity index (χ0n) is 14.5. The van der Waals surface area contributed by atoms with Crippen molar-refractivity contribution in [1.29, 1.82) is 0 Å². The number of piperazine rings is 1. The lowest BCUT2D eigenvalue weighted by atomic mass is 10.0. The normalized spacial score (nSPS) is 17.0. The van der Waals surface area contributed by atoms with Gasteiger partial charge in [-0.2, -0.15) is 0 Å². The number of para-hydroxylation sites is 1. The van der Waals surface area contributed by atoms with E-state index >= 15 is 0 Å². The predicted octanol–water partition coefficient (Wildman–Crippen LogP) is 1.48. The van der Waals surface area contributed by atoms with Crippen LogP contribution in [0.2, 0.25) is 0 Å². The van der Waals surface area contributed by atoms with Crippen LogP contribution in [-0.4, -0.2) is 64.8 Å². The molecule has 2 aromatic rings. The van der Waals surface area contributed by atoms with Crippen molar-refractivity contribution in [2.75, 3.05) is 37.6 Å². The van der Waals surface area contributed by atoms with Crippen molar-refractivity contribution in [3.63, 3.8) is 0 Å². The molecule has 2 aliphatic rings. The lowest BCUT2D eigenvalue weighted by molar-refractivity contribution is -0.119. The third kappa shape index (κ3) is 3.12. The van der Waals surface area contributed by atoms with Gasteiger partial charge in [-0.1, -0.05) is 18.2 Å². The van der Waals surface area contributed by atoms with Gasteiger partial charge in [0.1, 0.15) is 17.8 Å². The maximum atomic E-state index is 12.8. The van der Waals surface area contributed by atoms with Gasteiger partial charge in [0.2, 0.25) is 6.41 Å². The van der Waals surface area contributed by atoms with Gasteiger partial charge in [0.15, 0.2) is 0 Å². The Morgan fingerprint density at radius 2 is 1.85 bits per heavy atom. The van der Waals surface area contributed by atoms with Gasteiger partial charge in [-0.15, -0.1) is 0 Å². The van der Waals surface area contributed by atoms with Gasteiger partial charge in [-0.3, -0.25) is 9.59 Å². The SMILES string of the molecule is O=CN1CCN(C(=O)c2cc(N3CCCc4ccccc43)ncn2)CC1. The van der Waals surface area contributed by atoms with Gasteiger partial charge >= 0.3 is 0 Å². The second-order valence-electron chi connectivity index (χ2n) is 6.58. The number of fused-ring (bicyclic) bond motifs is 1. The first-order chi connectivity index (χ1) is 12.8. The van der Waals surface area contributed by atoms with Gasteiger partial charge in [-0.05, 0) is 24.5 Å². The fourth-order valence-corrected chi connectivity index (χ4v) is 3.58. The first-order valence-electron chi connectivity index (χ1n) is 8.92. The molecule has 7 nitrogen and oxygen atoms in total. The number of anilines is 2. The molecular formula is C19H21N5O2. The Morgan fingerprint density at radius 3 is 2.65 bits per heavy atom. The highest BCUT2D eigenvalue weighted by Gasteiger charge is 2.24. The first kappa shape index (κ1) is 16.5. The third-order valence-electron chi connectivity index (χ3n) is 5.01. The van der Waals surface area contributed by atoms with E-state index in [0.29, 0.717) is 31.9 Å². The van der Waals surface area contributed by atoms with Crippen molar-refractivity contribution in [2.24, 2.45) is 0 Å². The molecule has 134 valence electrons. The molecule has 0 bridgehead atoms. The molecular weight excluding hydrogens is 330 g/mol. The second kappa shape index (κ2) is 7.11. The summed E-state index contributed by atoms with van der Waals surface area (Å²) in [6, 6.07) is 10.1. The molecule has 1 fully saturated rings. The Kier molecular flexibility index (Phi) is 4.51. The number of carbonyl (C=O) groups is 2. The summed E-state index contributed by atoms with van der Waals surface area (Å²) >= 11 is 0. The number of amides is 2. The van der Waals surface area contributed by atoms with Crippen LogP contribution in [0.3, 0.4) is 0 Å². The zero-order chi connectivity index (χ0) is 17.9. The van der Waals surface area contributed by atoms with Crippen LogP contribution in [-0.2, 0) is 11.2 Å². The second-order valence-corrected chi connectivity index (χ2v) is 6.58. The predicted molar refractivity (Wildman–Crippen MR) is 97.3 cm³/mol. The van der Waals surface area contributed by atoms with E-state index in [2.05, 4.69) is 33.1 Å². The molecule has 0 aliphatic carbocycles. The molecule has 0 radical (unpaired) electrons. The molecule has 0 atom stereocenters. The van der Waals surface area contributed by atoms with Crippen molar-refractivity contribution in [1.82, 2.24) is 19.8 Å². The minimum absolute atomic E-state index is 0.107. The minimum Gasteiger partial charge on any atom is -0.342 e. The Bertz CT molecular complexity index is 817. The van der Waals surface area contributed by atoms with E-state index in [1.165, 1.54) is 11.9 Å². The number of rotatable bonds is 3. The lowest BCUT2D eigenvalue weighted by Crippen LogP contribution is -2.48. The molecule has 0 N–H and O–H groups in total. The van der Waals surface area contributed by atoms with Crippen LogP contribution in [0.1, 0.15) is 22.5 Å². The summed E-state index contributed by atoms with van der Waals surface area (Å²) in [5, 5.41) is 0. The van der Waals surface area contributed by atoms with Gasteiger partial charge in [0, 0.05) is 44.5 Å². The summed E-state index contributed by atoms with van der Waals surface area (Å²) in [5.41, 5.74) is 2.85.